The minimum Gasteiger partial charge on any atom is -0.492 e. The van der Waals surface area contributed by atoms with Crippen LogP contribution in [0, 0.1) is 6.92 Å². The van der Waals surface area contributed by atoms with Crippen LogP contribution in [-0.2, 0) is 0 Å². The molecule has 1 aromatic rings. The molecule has 106 valence electrons. The van der Waals surface area contributed by atoms with Crippen LogP contribution < -0.4 is 10.1 Å². The summed E-state index contributed by atoms with van der Waals surface area (Å²) in [6.45, 7) is 9.51. The van der Waals surface area contributed by atoms with Gasteiger partial charge in [0.1, 0.15) is 12.4 Å². The van der Waals surface area contributed by atoms with Gasteiger partial charge in [0.15, 0.2) is 0 Å². The number of hydrogen-bond donors (Lipinski definition) is 1. The highest BCUT2D eigenvalue weighted by Crippen LogP contribution is 2.13. The van der Waals surface area contributed by atoms with E-state index in [4.69, 9.17) is 4.74 Å². The molecular weight excluding hydrogens is 236 g/mol. The van der Waals surface area contributed by atoms with Gasteiger partial charge in [0, 0.05) is 19.1 Å². The molecule has 3 nitrogen and oxygen atoms in total. The Kier molecular flexibility index (Phi) is 5.67. The molecule has 19 heavy (non-hydrogen) atoms. The summed E-state index contributed by atoms with van der Waals surface area (Å²) in [5, 5.41) is 3.48. The predicted molar refractivity (Wildman–Crippen MR) is 79.8 cm³/mol. The van der Waals surface area contributed by atoms with Crippen LogP contribution in [0.5, 0.6) is 5.75 Å². The second-order valence-electron chi connectivity index (χ2n) is 5.29. The normalized spacial score (nSPS) is 19.6. The van der Waals surface area contributed by atoms with Gasteiger partial charge >= 0.3 is 0 Å². The van der Waals surface area contributed by atoms with Crippen molar-refractivity contribution in [2.24, 2.45) is 0 Å². The average Bonchev–Trinajstić information content (AvgIpc) is 2.46. The topological polar surface area (TPSA) is 24.5 Å². The number of benzene rings is 1. The van der Waals surface area contributed by atoms with Crippen molar-refractivity contribution in [3.05, 3.63) is 29.8 Å². The van der Waals surface area contributed by atoms with Crippen LogP contribution >= 0.6 is 0 Å². The van der Waals surface area contributed by atoms with Crippen molar-refractivity contribution in [2.45, 2.75) is 32.7 Å². The van der Waals surface area contributed by atoms with E-state index in [0.717, 1.165) is 32.0 Å². The van der Waals surface area contributed by atoms with Crippen molar-refractivity contribution in [1.82, 2.24) is 10.2 Å². The fourth-order valence-corrected chi connectivity index (χ4v) is 2.66. The molecule has 1 unspecified atom stereocenters. The van der Waals surface area contributed by atoms with Crippen molar-refractivity contribution in [2.75, 3.05) is 32.8 Å². The molecule has 1 aliphatic heterocycles. The fraction of sp³-hybridized carbons (Fsp3) is 0.625. The molecule has 3 heteroatoms. The Bertz CT molecular complexity index is 358. The van der Waals surface area contributed by atoms with Crippen molar-refractivity contribution in [3.8, 4) is 5.75 Å². The molecule has 0 amide bonds. The Labute approximate surface area is 116 Å². The monoisotopic (exact) mass is 262 g/mol. The second-order valence-corrected chi connectivity index (χ2v) is 5.29. The first-order valence-corrected chi connectivity index (χ1v) is 7.44. The number of nitrogens with zero attached hydrogens (tertiary/aromatic N) is 1. The zero-order chi connectivity index (χ0) is 13.5. The maximum absolute atomic E-state index is 5.82. The van der Waals surface area contributed by atoms with E-state index in [1.54, 1.807) is 0 Å². The maximum atomic E-state index is 5.82. The van der Waals surface area contributed by atoms with Crippen LogP contribution in [0.25, 0.3) is 0 Å². The third kappa shape index (κ3) is 4.51. The summed E-state index contributed by atoms with van der Waals surface area (Å²) in [5.41, 5.74) is 1.27. The van der Waals surface area contributed by atoms with E-state index in [1.807, 2.05) is 12.1 Å². The quantitative estimate of drug-likeness (QED) is 0.852. The Morgan fingerprint density at radius 3 is 2.74 bits per heavy atom. The summed E-state index contributed by atoms with van der Waals surface area (Å²) in [5.74, 6) is 0.975. The van der Waals surface area contributed by atoms with E-state index in [0.29, 0.717) is 6.04 Å². The zero-order valence-corrected chi connectivity index (χ0v) is 12.2. The number of nitrogens with one attached hydrogen (secondary N) is 1. The zero-order valence-electron chi connectivity index (χ0n) is 12.2. The molecule has 0 bridgehead atoms. The van der Waals surface area contributed by atoms with Crippen molar-refractivity contribution in [1.29, 1.82) is 0 Å². The van der Waals surface area contributed by atoms with Crippen LogP contribution in [0.1, 0.15) is 25.3 Å². The minimum absolute atomic E-state index is 0.681. The molecular formula is C16H26N2O. The summed E-state index contributed by atoms with van der Waals surface area (Å²) in [4.78, 5) is 2.53. The highest BCUT2D eigenvalue weighted by atomic mass is 16.5. The molecule has 1 saturated heterocycles. The van der Waals surface area contributed by atoms with Crippen LogP contribution in [0.4, 0.5) is 0 Å². The lowest BCUT2D eigenvalue weighted by molar-refractivity contribution is 0.144. The van der Waals surface area contributed by atoms with Gasteiger partial charge in [0.25, 0.3) is 0 Å². The number of piperidine rings is 1. The Morgan fingerprint density at radius 1 is 1.32 bits per heavy atom. The Morgan fingerprint density at radius 2 is 2.11 bits per heavy atom. The standard InChI is InChI=1S/C16H26N2O/c1-3-18(15-5-4-10-17-13-15)11-12-19-16-8-6-14(2)7-9-16/h6-9,15,17H,3-5,10-13H2,1-2H3. The molecule has 1 heterocycles. The summed E-state index contributed by atoms with van der Waals surface area (Å²) >= 11 is 0. The van der Waals surface area contributed by atoms with Crippen molar-refractivity contribution in [3.63, 3.8) is 0 Å². The third-order valence-electron chi connectivity index (χ3n) is 3.86. The van der Waals surface area contributed by atoms with E-state index < -0.39 is 0 Å². The van der Waals surface area contributed by atoms with E-state index in [9.17, 15) is 0 Å². The summed E-state index contributed by atoms with van der Waals surface area (Å²) in [6, 6.07) is 8.97. The number of aryl methyl sites for hydroxylation is 1. The number of likely N-dealkylation sites (N-methyl/N-ethyl adjacent to an activating group) is 1. The average molecular weight is 262 g/mol. The first-order chi connectivity index (χ1) is 9.29. The van der Waals surface area contributed by atoms with Gasteiger partial charge in [-0.1, -0.05) is 24.6 Å². The number of ether oxygens (including phenoxy) is 1. The summed E-state index contributed by atoms with van der Waals surface area (Å²) in [6.07, 6.45) is 2.60. The fourth-order valence-electron chi connectivity index (χ4n) is 2.66. The molecule has 0 aromatic heterocycles. The van der Waals surface area contributed by atoms with Gasteiger partial charge in [0.2, 0.25) is 0 Å². The predicted octanol–water partition coefficient (Wildman–Crippen LogP) is 2.45. The first-order valence-electron chi connectivity index (χ1n) is 7.44. The summed E-state index contributed by atoms with van der Waals surface area (Å²) < 4.78 is 5.82. The van der Waals surface area contributed by atoms with Crippen molar-refractivity contribution >= 4 is 0 Å². The van der Waals surface area contributed by atoms with E-state index in [2.05, 4.69) is 36.2 Å². The smallest absolute Gasteiger partial charge is 0.119 e. The van der Waals surface area contributed by atoms with Gasteiger partial charge in [-0.05, 0) is 45.0 Å². The van der Waals surface area contributed by atoms with Gasteiger partial charge in [-0.15, -0.1) is 0 Å². The van der Waals surface area contributed by atoms with Gasteiger partial charge in [-0.25, -0.2) is 0 Å². The second kappa shape index (κ2) is 7.51. The van der Waals surface area contributed by atoms with Gasteiger partial charge in [0.05, 0.1) is 0 Å². The van der Waals surface area contributed by atoms with Crippen LogP contribution in [0.15, 0.2) is 24.3 Å². The van der Waals surface area contributed by atoms with E-state index in [1.165, 1.54) is 24.9 Å². The Balaban J connectivity index is 1.74. The van der Waals surface area contributed by atoms with E-state index >= 15 is 0 Å². The SMILES string of the molecule is CCN(CCOc1ccc(C)cc1)C1CCCNC1. The molecule has 1 aliphatic rings. The van der Waals surface area contributed by atoms with E-state index in [-0.39, 0.29) is 0 Å². The molecule has 0 aliphatic carbocycles. The van der Waals surface area contributed by atoms with Crippen LogP contribution in [-0.4, -0.2) is 43.7 Å². The molecule has 0 spiro atoms. The van der Waals surface area contributed by atoms with Gasteiger partial charge in [-0.3, -0.25) is 4.90 Å². The molecule has 1 atom stereocenters. The lowest BCUT2D eigenvalue weighted by atomic mass is 10.1. The van der Waals surface area contributed by atoms with Crippen LogP contribution in [0.3, 0.4) is 0 Å². The lowest BCUT2D eigenvalue weighted by Crippen LogP contribution is -2.47. The first kappa shape index (κ1) is 14.4. The van der Waals surface area contributed by atoms with Crippen LogP contribution in [0.2, 0.25) is 0 Å². The summed E-state index contributed by atoms with van der Waals surface area (Å²) in [7, 11) is 0. The largest absolute Gasteiger partial charge is 0.492 e. The molecule has 1 N–H and O–H groups in total. The number of rotatable bonds is 6. The minimum atomic E-state index is 0.681. The maximum Gasteiger partial charge on any atom is 0.119 e. The van der Waals surface area contributed by atoms with Crippen molar-refractivity contribution < 1.29 is 4.74 Å². The molecule has 0 saturated carbocycles. The lowest BCUT2D eigenvalue weighted by Gasteiger charge is -2.33. The van der Waals surface area contributed by atoms with Gasteiger partial charge < -0.3 is 10.1 Å². The highest BCUT2D eigenvalue weighted by Gasteiger charge is 2.19. The molecule has 1 fully saturated rings. The van der Waals surface area contributed by atoms with Gasteiger partial charge in [-0.2, -0.15) is 0 Å². The number of hydrogen-bond acceptors (Lipinski definition) is 3. The molecule has 1 aromatic carbocycles. The third-order valence-corrected chi connectivity index (χ3v) is 3.86. The Hall–Kier alpha value is -1.06. The highest BCUT2D eigenvalue weighted by molar-refractivity contribution is 5.26. The molecule has 2 rings (SSSR count). The molecule has 0 radical (unpaired) electrons.